The molecule has 1 aromatic carbocycles. The van der Waals surface area contributed by atoms with Gasteiger partial charge in [0, 0.05) is 43.4 Å². The Kier molecular flexibility index (Phi) is 7.88. The largest absolute Gasteiger partial charge is 0.497 e. The van der Waals surface area contributed by atoms with Gasteiger partial charge in [-0.1, -0.05) is 19.3 Å². The van der Waals surface area contributed by atoms with Crippen LogP contribution in [0.1, 0.15) is 55.3 Å². The summed E-state index contributed by atoms with van der Waals surface area (Å²) in [4.78, 5) is 46.4. The Morgan fingerprint density at radius 2 is 1.88 bits per heavy atom. The van der Waals surface area contributed by atoms with Gasteiger partial charge in [0.1, 0.15) is 12.3 Å². The number of rotatable bonds is 9. The van der Waals surface area contributed by atoms with Gasteiger partial charge in [-0.3, -0.25) is 14.4 Å². The van der Waals surface area contributed by atoms with Crippen molar-refractivity contribution in [1.82, 2.24) is 14.8 Å². The van der Waals surface area contributed by atoms with E-state index in [2.05, 4.69) is 4.98 Å². The topological polar surface area (TPSA) is 91.9 Å². The highest BCUT2D eigenvalue weighted by Crippen LogP contribution is 2.27. The molecule has 0 unspecified atom stereocenters. The maximum absolute atomic E-state index is 13.5. The number of hydrogen-bond acceptors (Lipinski definition) is 5. The summed E-state index contributed by atoms with van der Waals surface area (Å²) in [5.41, 5.74) is 1.05. The van der Waals surface area contributed by atoms with Crippen LogP contribution in [0, 0.1) is 5.92 Å². The fraction of sp³-hybridized carbons (Fsp3) is 0.577. The van der Waals surface area contributed by atoms with E-state index in [1.54, 1.807) is 38.6 Å². The summed E-state index contributed by atoms with van der Waals surface area (Å²) in [6.07, 6.45) is 8.89. The van der Waals surface area contributed by atoms with E-state index in [1.807, 2.05) is 4.90 Å². The number of fused-ring (bicyclic) bond motifs is 1. The number of benzene rings is 1. The van der Waals surface area contributed by atoms with Crippen molar-refractivity contribution in [2.45, 2.75) is 51.0 Å². The minimum Gasteiger partial charge on any atom is -0.497 e. The lowest BCUT2D eigenvalue weighted by atomic mass is 9.89. The van der Waals surface area contributed by atoms with Crippen LogP contribution >= 0.6 is 0 Å². The molecule has 0 spiro atoms. The summed E-state index contributed by atoms with van der Waals surface area (Å²) in [5.74, 6) is -0.326. The lowest BCUT2D eigenvalue weighted by molar-refractivity contribution is -0.139. The number of ketones is 1. The van der Waals surface area contributed by atoms with E-state index in [-0.39, 0.29) is 18.5 Å². The van der Waals surface area contributed by atoms with Gasteiger partial charge in [0.05, 0.1) is 25.3 Å². The molecular formula is C26H35N3O5. The molecule has 8 nitrogen and oxygen atoms in total. The van der Waals surface area contributed by atoms with Gasteiger partial charge in [0.2, 0.25) is 5.91 Å². The van der Waals surface area contributed by atoms with E-state index in [0.29, 0.717) is 42.3 Å². The highest BCUT2D eigenvalue weighted by molar-refractivity contribution is 6.45. The van der Waals surface area contributed by atoms with E-state index in [0.717, 1.165) is 44.0 Å². The average molecular weight is 470 g/mol. The number of nitrogens with zero attached hydrogens (tertiary/aromatic N) is 2. The number of methoxy groups -OCH3 is 2. The Bertz CT molecular complexity index is 1030. The molecule has 8 heteroatoms. The lowest BCUT2D eigenvalue weighted by Gasteiger charge is -2.31. The normalized spacial score (nSPS) is 18.9. The van der Waals surface area contributed by atoms with E-state index < -0.39 is 11.7 Å². The number of aromatic amines is 1. The number of aromatic nitrogens is 1. The van der Waals surface area contributed by atoms with Gasteiger partial charge < -0.3 is 24.3 Å². The zero-order chi connectivity index (χ0) is 24.1. The van der Waals surface area contributed by atoms with Crippen LogP contribution in [0.4, 0.5) is 0 Å². The Hall–Kier alpha value is -2.87. The van der Waals surface area contributed by atoms with E-state index >= 15 is 0 Å². The summed E-state index contributed by atoms with van der Waals surface area (Å²) < 4.78 is 10.5. The second kappa shape index (κ2) is 11.0. The second-order valence-electron chi connectivity index (χ2n) is 9.47. The van der Waals surface area contributed by atoms with Crippen LogP contribution in [-0.2, 0) is 14.3 Å². The molecule has 4 rings (SSSR count). The quantitative estimate of drug-likeness (QED) is 0.449. The third kappa shape index (κ3) is 5.27. The molecule has 1 aliphatic heterocycles. The molecule has 2 aliphatic rings. The van der Waals surface area contributed by atoms with Crippen LogP contribution in [0.3, 0.4) is 0 Å². The standard InChI is InChI=1S/C26H35N3O5/c1-33-17-19-9-6-12-29(19)24(30)16-28(15-18-7-4-3-5-8-18)26(32)25(31)22-14-27-23-13-20(34-2)10-11-21(22)23/h10-11,13-14,18-19,27H,3-9,12,15-17H2,1-2H3/t19-/m1/s1. The molecule has 34 heavy (non-hydrogen) atoms. The van der Waals surface area contributed by atoms with Crippen molar-refractivity contribution in [2.75, 3.05) is 40.5 Å². The lowest BCUT2D eigenvalue weighted by Crippen LogP contribution is -2.48. The zero-order valence-corrected chi connectivity index (χ0v) is 20.2. The summed E-state index contributed by atoms with van der Waals surface area (Å²) >= 11 is 0. The molecule has 1 atom stereocenters. The van der Waals surface area contributed by atoms with Crippen molar-refractivity contribution in [3.8, 4) is 5.75 Å². The third-order valence-corrected chi connectivity index (χ3v) is 7.20. The van der Waals surface area contributed by atoms with Crippen molar-refractivity contribution in [1.29, 1.82) is 0 Å². The number of amides is 2. The molecular weight excluding hydrogens is 434 g/mol. The number of hydrogen-bond donors (Lipinski definition) is 1. The van der Waals surface area contributed by atoms with Crippen molar-refractivity contribution >= 4 is 28.5 Å². The van der Waals surface area contributed by atoms with E-state index in [9.17, 15) is 14.4 Å². The van der Waals surface area contributed by atoms with Gasteiger partial charge in [0.15, 0.2) is 0 Å². The molecule has 1 saturated carbocycles. The number of carbonyl (C=O) groups is 3. The highest BCUT2D eigenvalue weighted by atomic mass is 16.5. The SMILES string of the molecule is COC[C@H]1CCCN1C(=O)CN(CC1CCCCC1)C(=O)C(=O)c1c[nH]c2cc(OC)ccc12. The fourth-order valence-electron chi connectivity index (χ4n) is 5.36. The smallest absolute Gasteiger partial charge is 0.295 e. The molecule has 1 aliphatic carbocycles. The molecule has 2 aromatic rings. The van der Waals surface area contributed by atoms with Gasteiger partial charge in [0.25, 0.3) is 11.7 Å². The first-order chi connectivity index (χ1) is 16.5. The number of nitrogens with one attached hydrogen (secondary N) is 1. The Balaban J connectivity index is 1.54. The van der Waals surface area contributed by atoms with Crippen molar-refractivity contribution in [3.05, 3.63) is 30.0 Å². The maximum atomic E-state index is 13.5. The number of carbonyl (C=O) groups excluding carboxylic acids is 3. The first kappa shape index (κ1) is 24.3. The summed E-state index contributed by atoms with van der Waals surface area (Å²) in [5, 5.41) is 0.669. The van der Waals surface area contributed by atoms with Crippen molar-refractivity contribution in [2.24, 2.45) is 5.92 Å². The minimum absolute atomic E-state index is 0.0310. The van der Waals surface area contributed by atoms with Gasteiger partial charge in [-0.25, -0.2) is 0 Å². The fourth-order valence-corrected chi connectivity index (χ4v) is 5.36. The average Bonchev–Trinajstić information content (AvgIpc) is 3.50. The van der Waals surface area contributed by atoms with Gasteiger partial charge in [-0.15, -0.1) is 0 Å². The molecule has 0 radical (unpaired) electrons. The molecule has 0 bridgehead atoms. The van der Waals surface area contributed by atoms with Crippen molar-refractivity contribution < 1.29 is 23.9 Å². The van der Waals surface area contributed by atoms with E-state index in [4.69, 9.17) is 9.47 Å². The Labute approximate surface area is 200 Å². The number of Topliss-reactive ketones (excluding diaryl/α,β-unsaturated/α-hetero) is 1. The summed E-state index contributed by atoms with van der Waals surface area (Å²) in [6.45, 7) is 1.52. The zero-order valence-electron chi connectivity index (χ0n) is 20.2. The molecule has 2 fully saturated rings. The minimum atomic E-state index is -0.613. The predicted molar refractivity (Wildman–Crippen MR) is 129 cm³/mol. The van der Waals surface area contributed by atoms with Crippen molar-refractivity contribution in [3.63, 3.8) is 0 Å². The predicted octanol–water partition coefficient (Wildman–Crippen LogP) is 3.41. The summed E-state index contributed by atoms with van der Waals surface area (Å²) in [6, 6.07) is 5.37. The Morgan fingerprint density at radius 3 is 2.62 bits per heavy atom. The molecule has 1 N–H and O–H groups in total. The molecule has 1 aromatic heterocycles. The van der Waals surface area contributed by atoms with Crippen LogP contribution in [0.25, 0.3) is 10.9 Å². The number of H-pyrrole nitrogens is 1. The number of likely N-dealkylation sites (tertiary alicyclic amines) is 1. The van der Waals surface area contributed by atoms with Gasteiger partial charge in [-0.05, 0) is 43.7 Å². The molecule has 1 saturated heterocycles. The molecule has 184 valence electrons. The van der Waals surface area contributed by atoms with Crippen LogP contribution in [0.2, 0.25) is 0 Å². The van der Waals surface area contributed by atoms with Gasteiger partial charge >= 0.3 is 0 Å². The van der Waals surface area contributed by atoms with Gasteiger partial charge in [-0.2, -0.15) is 0 Å². The van der Waals surface area contributed by atoms with Crippen LogP contribution in [0.15, 0.2) is 24.4 Å². The van der Waals surface area contributed by atoms with Crippen LogP contribution in [-0.4, -0.2) is 78.9 Å². The maximum Gasteiger partial charge on any atom is 0.295 e. The van der Waals surface area contributed by atoms with Crippen LogP contribution in [0.5, 0.6) is 5.75 Å². The molecule has 2 heterocycles. The summed E-state index contributed by atoms with van der Waals surface area (Å²) in [7, 11) is 3.22. The molecule has 2 amide bonds. The highest BCUT2D eigenvalue weighted by Gasteiger charge is 2.34. The monoisotopic (exact) mass is 469 g/mol. The Morgan fingerprint density at radius 1 is 1.09 bits per heavy atom. The number of ether oxygens (including phenoxy) is 2. The second-order valence-corrected chi connectivity index (χ2v) is 9.47. The first-order valence-electron chi connectivity index (χ1n) is 12.3. The van der Waals surface area contributed by atoms with Crippen LogP contribution < -0.4 is 4.74 Å². The van der Waals surface area contributed by atoms with E-state index in [1.165, 1.54) is 11.3 Å². The first-order valence-corrected chi connectivity index (χ1v) is 12.3. The third-order valence-electron chi connectivity index (χ3n) is 7.20.